The third-order valence-corrected chi connectivity index (χ3v) is 3.80. The molecule has 0 aliphatic carbocycles. The number of methoxy groups -OCH3 is 1. The van der Waals surface area contributed by atoms with Crippen molar-refractivity contribution in [1.82, 2.24) is 0 Å². The van der Waals surface area contributed by atoms with E-state index < -0.39 is 9.05 Å². The summed E-state index contributed by atoms with van der Waals surface area (Å²) in [5.41, 5.74) is 0. The van der Waals surface area contributed by atoms with Crippen molar-refractivity contribution in [2.45, 2.75) is 26.2 Å². The molecule has 0 fully saturated rings. The van der Waals surface area contributed by atoms with Gasteiger partial charge < -0.3 is 14.2 Å². The largest absolute Gasteiger partial charge is 0.382 e. The van der Waals surface area contributed by atoms with E-state index in [1.165, 1.54) is 0 Å². The Labute approximate surface area is 121 Å². The van der Waals surface area contributed by atoms with Crippen LogP contribution in [0.3, 0.4) is 0 Å². The molecule has 0 rings (SSSR count). The highest BCUT2D eigenvalue weighted by Gasteiger charge is 2.09. The number of ether oxygens (including phenoxy) is 3. The molecule has 0 aromatic rings. The average Bonchev–Trinajstić information content (AvgIpc) is 2.33. The molecular weight excluding hydrogens is 292 g/mol. The first kappa shape index (κ1) is 19.1. The van der Waals surface area contributed by atoms with Gasteiger partial charge in [0.25, 0.3) is 0 Å². The molecule has 0 spiro atoms. The van der Waals surface area contributed by atoms with Crippen molar-refractivity contribution in [3.05, 3.63) is 0 Å². The number of rotatable bonds is 13. The van der Waals surface area contributed by atoms with Crippen LogP contribution < -0.4 is 0 Å². The zero-order chi connectivity index (χ0) is 14.6. The fourth-order valence-corrected chi connectivity index (χ4v) is 2.33. The van der Waals surface area contributed by atoms with E-state index in [4.69, 9.17) is 24.9 Å². The predicted octanol–water partition coefficient (Wildman–Crippen LogP) is 2.04. The summed E-state index contributed by atoms with van der Waals surface area (Å²) in [5, 5.41) is 0. The molecule has 0 saturated carbocycles. The minimum absolute atomic E-state index is 0.0308. The third-order valence-electron chi connectivity index (χ3n) is 2.62. The van der Waals surface area contributed by atoms with Crippen molar-refractivity contribution in [3.63, 3.8) is 0 Å². The second kappa shape index (κ2) is 11.9. The Morgan fingerprint density at radius 3 is 2.21 bits per heavy atom. The van der Waals surface area contributed by atoms with Gasteiger partial charge in [-0.1, -0.05) is 6.92 Å². The van der Waals surface area contributed by atoms with Gasteiger partial charge in [-0.2, -0.15) is 0 Å². The van der Waals surface area contributed by atoms with Crippen molar-refractivity contribution in [3.8, 4) is 0 Å². The van der Waals surface area contributed by atoms with Gasteiger partial charge in [0.1, 0.15) is 0 Å². The van der Waals surface area contributed by atoms with Gasteiger partial charge in [0.2, 0.25) is 9.05 Å². The van der Waals surface area contributed by atoms with Crippen molar-refractivity contribution >= 4 is 19.7 Å². The van der Waals surface area contributed by atoms with Crippen LogP contribution in [0.4, 0.5) is 0 Å². The van der Waals surface area contributed by atoms with Crippen LogP contribution in [-0.2, 0) is 23.3 Å². The van der Waals surface area contributed by atoms with Crippen molar-refractivity contribution in [2.75, 3.05) is 45.9 Å². The molecule has 0 bridgehead atoms. The molecule has 1 unspecified atom stereocenters. The second-order valence-electron chi connectivity index (χ2n) is 4.50. The van der Waals surface area contributed by atoms with Crippen LogP contribution in [0.5, 0.6) is 0 Å². The predicted molar refractivity (Wildman–Crippen MR) is 76.2 cm³/mol. The highest BCUT2D eigenvalue weighted by molar-refractivity contribution is 8.13. The maximum absolute atomic E-state index is 10.8. The van der Waals surface area contributed by atoms with Crippen LogP contribution in [0.15, 0.2) is 0 Å². The first-order valence-electron chi connectivity index (χ1n) is 6.52. The van der Waals surface area contributed by atoms with Crippen LogP contribution >= 0.6 is 10.7 Å². The zero-order valence-electron chi connectivity index (χ0n) is 11.8. The fraction of sp³-hybridized carbons (Fsp3) is 1.00. The molecule has 0 heterocycles. The van der Waals surface area contributed by atoms with Gasteiger partial charge in [0, 0.05) is 37.6 Å². The average molecular weight is 317 g/mol. The van der Waals surface area contributed by atoms with Gasteiger partial charge >= 0.3 is 0 Å². The normalized spacial score (nSPS) is 13.6. The van der Waals surface area contributed by atoms with Crippen LogP contribution in [0, 0.1) is 5.92 Å². The van der Waals surface area contributed by atoms with E-state index >= 15 is 0 Å². The molecule has 1 atom stereocenters. The summed E-state index contributed by atoms with van der Waals surface area (Å²) < 4.78 is 37.1. The summed E-state index contributed by atoms with van der Waals surface area (Å²) in [5.74, 6) is 0.328. The number of hydrogen-bond donors (Lipinski definition) is 0. The lowest BCUT2D eigenvalue weighted by atomic mass is 10.1. The molecule has 0 aliphatic rings. The summed E-state index contributed by atoms with van der Waals surface area (Å²) >= 11 is 0. The Morgan fingerprint density at radius 1 is 1.00 bits per heavy atom. The molecule has 0 saturated heterocycles. The lowest BCUT2D eigenvalue weighted by Crippen LogP contribution is -2.09. The van der Waals surface area contributed by atoms with Gasteiger partial charge in [0.05, 0.1) is 19.0 Å². The van der Waals surface area contributed by atoms with Gasteiger partial charge in [-0.3, -0.25) is 0 Å². The van der Waals surface area contributed by atoms with Crippen LogP contribution in [-0.4, -0.2) is 54.3 Å². The smallest absolute Gasteiger partial charge is 0.232 e. The fourth-order valence-electron chi connectivity index (χ4n) is 1.38. The topological polar surface area (TPSA) is 61.8 Å². The van der Waals surface area contributed by atoms with E-state index in [-0.39, 0.29) is 5.75 Å². The van der Waals surface area contributed by atoms with Gasteiger partial charge in [-0.15, -0.1) is 0 Å². The Bertz CT molecular complexity index is 294. The molecule has 7 heteroatoms. The Balaban J connectivity index is 3.25. The molecule has 0 aromatic carbocycles. The van der Waals surface area contributed by atoms with Gasteiger partial charge in [-0.25, -0.2) is 8.42 Å². The second-order valence-corrected chi connectivity index (χ2v) is 7.39. The first-order chi connectivity index (χ1) is 8.95. The highest BCUT2D eigenvalue weighted by atomic mass is 35.7. The summed E-state index contributed by atoms with van der Waals surface area (Å²) in [6.07, 6.45) is 2.28. The minimum Gasteiger partial charge on any atom is -0.382 e. The number of halogens is 1. The van der Waals surface area contributed by atoms with Crippen LogP contribution in [0.25, 0.3) is 0 Å². The van der Waals surface area contributed by atoms with E-state index in [9.17, 15) is 8.42 Å². The van der Waals surface area contributed by atoms with E-state index in [1.807, 2.05) is 6.92 Å². The van der Waals surface area contributed by atoms with Crippen LogP contribution in [0.2, 0.25) is 0 Å². The monoisotopic (exact) mass is 316 g/mol. The molecular formula is C12H25ClO5S. The quantitative estimate of drug-likeness (QED) is 0.384. The van der Waals surface area contributed by atoms with Crippen LogP contribution in [0.1, 0.15) is 26.2 Å². The Hall–Kier alpha value is 0.120. The molecule has 116 valence electrons. The zero-order valence-corrected chi connectivity index (χ0v) is 13.3. The van der Waals surface area contributed by atoms with E-state index in [2.05, 4.69) is 0 Å². The summed E-state index contributed by atoms with van der Waals surface area (Å²) in [7, 11) is 3.43. The maximum atomic E-state index is 10.8. The lowest BCUT2D eigenvalue weighted by Gasteiger charge is -2.10. The molecule has 19 heavy (non-hydrogen) atoms. The standard InChI is InChI=1S/C12H25ClO5S/c1-12(5-11-19(13,14)15)4-8-17-6-3-7-18-10-9-16-2/h12H,3-11H2,1-2H3. The van der Waals surface area contributed by atoms with E-state index in [1.54, 1.807) is 7.11 Å². The Morgan fingerprint density at radius 2 is 1.63 bits per heavy atom. The molecule has 0 radical (unpaired) electrons. The van der Waals surface area contributed by atoms with Crippen molar-refractivity contribution in [1.29, 1.82) is 0 Å². The molecule has 0 aromatic heterocycles. The first-order valence-corrected chi connectivity index (χ1v) is 9.00. The van der Waals surface area contributed by atoms with Gasteiger partial charge in [-0.05, 0) is 25.2 Å². The minimum atomic E-state index is -3.36. The summed E-state index contributed by atoms with van der Waals surface area (Å²) in [6, 6.07) is 0. The summed E-state index contributed by atoms with van der Waals surface area (Å²) in [6.45, 7) is 5.19. The maximum Gasteiger partial charge on any atom is 0.232 e. The van der Waals surface area contributed by atoms with E-state index in [0.29, 0.717) is 45.4 Å². The van der Waals surface area contributed by atoms with Gasteiger partial charge in [0.15, 0.2) is 0 Å². The molecule has 0 N–H and O–H groups in total. The molecule has 0 amide bonds. The summed E-state index contributed by atoms with van der Waals surface area (Å²) in [4.78, 5) is 0. The lowest BCUT2D eigenvalue weighted by molar-refractivity contribution is 0.0495. The van der Waals surface area contributed by atoms with Crippen molar-refractivity contribution < 1.29 is 22.6 Å². The SMILES string of the molecule is COCCOCCCOCCC(C)CCS(=O)(=O)Cl. The Kier molecular flexibility index (Phi) is 12.0. The molecule has 5 nitrogen and oxygen atoms in total. The van der Waals surface area contributed by atoms with E-state index in [0.717, 1.165) is 12.8 Å². The third kappa shape index (κ3) is 16.1. The molecule has 0 aliphatic heterocycles. The van der Waals surface area contributed by atoms with Crippen molar-refractivity contribution in [2.24, 2.45) is 5.92 Å². The highest BCUT2D eigenvalue weighted by Crippen LogP contribution is 2.11. The number of hydrogen-bond acceptors (Lipinski definition) is 5.